The summed E-state index contributed by atoms with van der Waals surface area (Å²) in [5, 5.41) is 4.80. The molecule has 4 rings (SSSR count). The molecule has 0 radical (unpaired) electrons. The van der Waals surface area contributed by atoms with Crippen LogP contribution in [-0.2, 0) is 4.79 Å². The molecule has 0 fully saturated rings. The minimum Gasteiger partial charge on any atom is -0.426 e. The van der Waals surface area contributed by atoms with Crippen LogP contribution in [0.5, 0.6) is 5.75 Å². The summed E-state index contributed by atoms with van der Waals surface area (Å²) in [7, 11) is 0. The number of hydrogen-bond donors (Lipinski definition) is 1. The van der Waals surface area contributed by atoms with Gasteiger partial charge in [-0.05, 0) is 30.3 Å². The molecule has 0 spiro atoms. The van der Waals surface area contributed by atoms with Crippen molar-refractivity contribution in [2.75, 3.05) is 0 Å². The molecule has 0 aliphatic rings. The van der Waals surface area contributed by atoms with Crippen molar-refractivity contribution in [1.29, 1.82) is 0 Å². The number of para-hydroxylation sites is 1. The number of ether oxygens (including phenoxy) is 1. The molecule has 1 amide bonds. The highest BCUT2D eigenvalue weighted by Crippen LogP contribution is 2.25. The number of hydrogen-bond acceptors (Lipinski definition) is 5. The summed E-state index contributed by atoms with van der Waals surface area (Å²) in [5.41, 5.74) is 5.89. The topological polar surface area (TPSA) is 80.6 Å². The second-order valence-corrected chi connectivity index (χ2v) is 7.83. The number of halogens is 1. The normalized spacial score (nSPS) is 10.9. The highest BCUT2D eigenvalue weighted by Gasteiger charge is 2.13. The van der Waals surface area contributed by atoms with E-state index in [1.165, 1.54) is 13.1 Å². The van der Waals surface area contributed by atoms with Gasteiger partial charge < -0.3 is 4.74 Å². The monoisotopic (exact) mass is 487 g/mol. The fourth-order valence-corrected chi connectivity index (χ4v) is 3.59. The van der Waals surface area contributed by atoms with Gasteiger partial charge in [0.1, 0.15) is 5.75 Å². The number of benzene rings is 3. The van der Waals surface area contributed by atoms with Crippen LogP contribution in [0.1, 0.15) is 22.8 Å². The van der Waals surface area contributed by atoms with Crippen molar-refractivity contribution in [3.8, 4) is 17.0 Å². The molecule has 0 bridgehead atoms. The molecule has 158 valence electrons. The summed E-state index contributed by atoms with van der Waals surface area (Å²) in [6.07, 6.45) is 1.43. The third kappa shape index (κ3) is 4.90. The number of carbonyl (C=O) groups excluding carboxylic acids is 2. The molecule has 4 aromatic rings. The van der Waals surface area contributed by atoms with Gasteiger partial charge in [-0.1, -0.05) is 64.5 Å². The fourth-order valence-electron chi connectivity index (χ4n) is 3.21. The van der Waals surface area contributed by atoms with E-state index in [9.17, 15) is 9.59 Å². The molecule has 0 aliphatic carbocycles. The number of nitrogens with zero attached hydrogens (tertiary/aromatic N) is 2. The number of nitrogens with one attached hydrogen (secondary N) is 1. The SMILES string of the molecule is CC(=O)Oc1ccc(Br)cc1/C=N\NC(=O)c1cc(-c2ccccc2)nc2ccccc12. The Balaban J connectivity index is 1.65. The lowest BCUT2D eigenvalue weighted by Gasteiger charge is -2.09. The summed E-state index contributed by atoms with van der Waals surface area (Å²) < 4.78 is 5.98. The van der Waals surface area contributed by atoms with Crippen molar-refractivity contribution in [3.63, 3.8) is 0 Å². The van der Waals surface area contributed by atoms with Gasteiger partial charge in [-0.3, -0.25) is 9.59 Å². The first-order valence-electron chi connectivity index (χ1n) is 9.78. The standard InChI is InChI=1S/C25H18BrN3O3/c1-16(30)32-24-12-11-19(26)13-18(24)15-27-29-25(31)21-14-23(17-7-3-2-4-8-17)28-22-10-6-5-9-20(21)22/h2-15H,1H3,(H,29,31)/b27-15-. The first-order chi connectivity index (χ1) is 15.5. The average molecular weight is 488 g/mol. The molecule has 3 aromatic carbocycles. The Morgan fingerprint density at radius 3 is 2.53 bits per heavy atom. The third-order valence-corrected chi connectivity index (χ3v) is 5.12. The second kappa shape index (κ2) is 9.53. The largest absolute Gasteiger partial charge is 0.426 e. The quantitative estimate of drug-likeness (QED) is 0.178. The second-order valence-electron chi connectivity index (χ2n) is 6.91. The minimum atomic E-state index is -0.442. The van der Waals surface area contributed by atoms with E-state index in [4.69, 9.17) is 9.72 Å². The molecular weight excluding hydrogens is 470 g/mol. The van der Waals surface area contributed by atoms with E-state index in [0.717, 1.165) is 15.4 Å². The molecule has 1 N–H and O–H groups in total. The number of fused-ring (bicyclic) bond motifs is 1. The van der Waals surface area contributed by atoms with Gasteiger partial charge in [0, 0.05) is 27.9 Å². The maximum absolute atomic E-state index is 13.0. The van der Waals surface area contributed by atoms with E-state index in [1.807, 2.05) is 54.6 Å². The Hall–Kier alpha value is -3.84. The third-order valence-electron chi connectivity index (χ3n) is 4.63. The van der Waals surface area contributed by atoms with Crippen LogP contribution in [0.4, 0.5) is 0 Å². The van der Waals surface area contributed by atoms with Gasteiger partial charge in [0.15, 0.2) is 0 Å². The number of aromatic nitrogens is 1. The van der Waals surface area contributed by atoms with Crippen molar-refractivity contribution in [3.05, 3.63) is 94.5 Å². The van der Waals surface area contributed by atoms with Crippen molar-refractivity contribution in [2.45, 2.75) is 6.92 Å². The van der Waals surface area contributed by atoms with Gasteiger partial charge in [-0.25, -0.2) is 10.4 Å². The van der Waals surface area contributed by atoms with E-state index < -0.39 is 5.97 Å². The maximum atomic E-state index is 13.0. The molecule has 6 nitrogen and oxygen atoms in total. The number of amides is 1. The van der Waals surface area contributed by atoms with Crippen LogP contribution in [0.25, 0.3) is 22.2 Å². The molecule has 1 aromatic heterocycles. The Kier molecular flexibility index (Phi) is 6.37. The lowest BCUT2D eigenvalue weighted by molar-refractivity contribution is -0.131. The maximum Gasteiger partial charge on any atom is 0.308 e. The number of hydrazone groups is 1. The summed E-state index contributed by atoms with van der Waals surface area (Å²) in [5.74, 6) is -0.469. The van der Waals surface area contributed by atoms with E-state index in [-0.39, 0.29) is 5.91 Å². The van der Waals surface area contributed by atoms with Crippen molar-refractivity contribution >= 4 is 44.9 Å². The highest BCUT2D eigenvalue weighted by atomic mass is 79.9. The Bertz CT molecular complexity index is 1340. The zero-order chi connectivity index (χ0) is 22.5. The predicted octanol–water partition coefficient (Wildman–Crippen LogP) is 5.35. The smallest absolute Gasteiger partial charge is 0.308 e. The van der Waals surface area contributed by atoms with Crippen molar-refractivity contribution in [2.24, 2.45) is 5.10 Å². The molecule has 0 aliphatic heterocycles. The van der Waals surface area contributed by atoms with E-state index >= 15 is 0 Å². The van der Waals surface area contributed by atoms with Crippen LogP contribution in [0, 0.1) is 0 Å². The predicted molar refractivity (Wildman–Crippen MR) is 128 cm³/mol. The Morgan fingerprint density at radius 2 is 1.75 bits per heavy atom. The van der Waals surface area contributed by atoms with Gasteiger partial charge >= 0.3 is 5.97 Å². The zero-order valence-electron chi connectivity index (χ0n) is 17.1. The van der Waals surface area contributed by atoms with Gasteiger partial charge in [0.25, 0.3) is 5.91 Å². The summed E-state index contributed by atoms with van der Waals surface area (Å²) in [4.78, 5) is 29.0. The number of pyridine rings is 1. The fraction of sp³-hybridized carbons (Fsp3) is 0.0400. The van der Waals surface area contributed by atoms with Crippen LogP contribution in [-0.4, -0.2) is 23.1 Å². The Labute approximate surface area is 193 Å². The van der Waals surface area contributed by atoms with E-state index in [2.05, 4.69) is 26.5 Å². The van der Waals surface area contributed by atoms with Crippen LogP contribution in [0.2, 0.25) is 0 Å². The summed E-state index contributed by atoms with van der Waals surface area (Å²) in [6, 6.07) is 24.0. The molecule has 0 atom stereocenters. The van der Waals surface area contributed by atoms with Gasteiger partial charge in [0.05, 0.1) is 23.0 Å². The van der Waals surface area contributed by atoms with Gasteiger partial charge in [-0.15, -0.1) is 0 Å². The molecule has 0 unspecified atom stereocenters. The van der Waals surface area contributed by atoms with Crippen molar-refractivity contribution < 1.29 is 14.3 Å². The number of rotatable bonds is 5. The number of esters is 1. The van der Waals surface area contributed by atoms with Crippen molar-refractivity contribution in [1.82, 2.24) is 10.4 Å². The molecular formula is C25H18BrN3O3. The van der Waals surface area contributed by atoms with Gasteiger partial charge in [-0.2, -0.15) is 5.10 Å². The lowest BCUT2D eigenvalue weighted by Crippen LogP contribution is -2.18. The summed E-state index contributed by atoms with van der Waals surface area (Å²) >= 11 is 3.38. The van der Waals surface area contributed by atoms with E-state index in [1.54, 1.807) is 24.3 Å². The first-order valence-corrected chi connectivity index (χ1v) is 10.6. The molecule has 0 saturated carbocycles. The minimum absolute atomic E-state index is 0.347. The van der Waals surface area contributed by atoms with Gasteiger partial charge in [0.2, 0.25) is 0 Å². The average Bonchev–Trinajstić information content (AvgIpc) is 2.80. The lowest BCUT2D eigenvalue weighted by atomic mass is 10.0. The Morgan fingerprint density at radius 1 is 1.00 bits per heavy atom. The van der Waals surface area contributed by atoms with E-state index in [0.29, 0.717) is 28.1 Å². The van der Waals surface area contributed by atoms with Crippen LogP contribution in [0.15, 0.2) is 88.4 Å². The molecule has 32 heavy (non-hydrogen) atoms. The molecule has 7 heteroatoms. The first kappa shape index (κ1) is 21.4. The highest BCUT2D eigenvalue weighted by molar-refractivity contribution is 9.10. The van der Waals surface area contributed by atoms with Crippen LogP contribution >= 0.6 is 15.9 Å². The zero-order valence-corrected chi connectivity index (χ0v) is 18.7. The molecule has 0 saturated heterocycles. The van der Waals surface area contributed by atoms with Crippen LogP contribution in [0.3, 0.4) is 0 Å². The summed E-state index contributed by atoms with van der Waals surface area (Å²) in [6.45, 7) is 1.32. The molecule has 1 heterocycles. The number of carbonyl (C=O) groups is 2. The van der Waals surface area contributed by atoms with Crippen LogP contribution < -0.4 is 10.2 Å².